The van der Waals surface area contributed by atoms with Gasteiger partial charge in [0, 0.05) is 18.6 Å². The van der Waals surface area contributed by atoms with Crippen molar-refractivity contribution in [3.8, 4) is 0 Å². The maximum atomic E-state index is 13.5. The molecule has 1 N–H and O–H groups in total. The van der Waals surface area contributed by atoms with Crippen LogP contribution in [0.25, 0.3) is 0 Å². The molecule has 0 saturated carbocycles. The molecule has 1 saturated heterocycles. The molecule has 1 heterocycles. The molecule has 2 nitrogen and oxygen atoms in total. The number of rotatable bonds is 2. The van der Waals surface area contributed by atoms with E-state index in [4.69, 9.17) is 0 Å². The average molecular weight is 280 g/mol. The van der Waals surface area contributed by atoms with E-state index in [1.807, 2.05) is 18.9 Å². The lowest BCUT2D eigenvalue weighted by molar-refractivity contribution is 0.329. The summed E-state index contributed by atoms with van der Waals surface area (Å²) in [4.78, 5) is 1.93. The summed E-state index contributed by atoms with van der Waals surface area (Å²) in [5.74, 6) is -9.64. The first-order valence-corrected chi connectivity index (χ1v) is 5.81. The van der Waals surface area contributed by atoms with Crippen LogP contribution in [0, 0.1) is 29.1 Å². The van der Waals surface area contributed by atoms with Gasteiger partial charge in [0.25, 0.3) is 0 Å². The van der Waals surface area contributed by atoms with Gasteiger partial charge in [-0.15, -0.1) is 0 Å². The average Bonchev–Trinajstić information content (AvgIpc) is 2.69. The van der Waals surface area contributed by atoms with Gasteiger partial charge in [-0.1, -0.05) is 0 Å². The molecule has 1 fully saturated rings. The maximum absolute atomic E-state index is 13.5. The maximum Gasteiger partial charge on any atom is 0.200 e. The van der Waals surface area contributed by atoms with Crippen molar-refractivity contribution in [3.63, 3.8) is 0 Å². The molecule has 1 aromatic rings. The number of nitrogens with zero attached hydrogens (tertiary/aromatic N) is 1. The van der Waals surface area contributed by atoms with Crippen molar-refractivity contribution in [2.24, 2.45) is 0 Å². The minimum atomic E-state index is -2.14. The number of hydrogen-bond acceptors (Lipinski definition) is 2. The van der Waals surface area contributed by atoms with Crippen LogP contribution in [0.2, 0.25) is 0 Å². The second kappa shape index (κ2) is 4.96. The molecule has 0 aromatic heterocycles. The van der Waals surface area contributed by atoms with Crippen molar-refractivity contribution in [2.45, 2.75) is 25.4 Å². The minimum absolute atomic E-state index is 0.179. The van der Waals surface area contributed by atoms with Gasteiger partial charge in [0.15, 0.2) is 23.3 Å². The summed E-state index contributed by atoms with van der Waals surface area (Å²) < 4.78 is 65.8. The molecule has 1 aliphatic heterocycles. The molecule has 7 heteroatoms. The third-order valence-electron chi connectivity index (χ3n) is 3.44. The summed E-state index contributed by atoms with van der Waals surface area (Å²) in [5.41, 5.74) is -0.955. The zero-order valence-corrected chi connectivity index (χ0v) is 10.4. The summed E-state index contributed by atoms with van der Waals surface area (Å²) in [5, 5.41) is 2.41. The Kier molecular flexibility index (Phi) is 3.66. The fourth-order valence-corrected chi connectivity index (χ4v) is 2.23. The van der Waals surface area contributed by atoms with Gasteiger partial charge < -0.3 is 10.2 Å². The summed E-state index contributed by atoms with van der Waals surface area (Å²) in [7, 11) is 1.82. The van der Waals surface area contributed by atoms with E-state index in [1.165, 1.54) is 0 Å². The van der Waals surface area contributed by atoms with E-state index >= 15 is 0 Å². The van der Waals surface area contributed by atoms with Crippen LogP contribution in [0.4, 0.5) is 27.6 Å². The van der Waals surface area contributed by atoms with E-state index in [0.717, 1.165) is 0 Å². The molecule has 19 heavy (non-hydrogen) atoms. The highest BCUT2D eigenvalue weighted by atomic mass is 19.2. The van der Waals surface area contributed by atoms with Crippen molar-refractivity contribution in [2.75, 3.05) is 18.9 Å². The van der Waals surface area contributed by atoms with Gasteiger partial charge in [-0.3, -0.25) is 0 Å². The summed E-state index contributed by atoms with van der Waals surface area (Å²) in [6, 6.07) is -0.174. The van der Waals surface area contributed by atoms with Gasteiger partial charge in [-0.05, 0) is 20.4 Å². The van der Waals surface area contributed by atoms with Gasteiger partial charge in [0.05, 0.1) is 0 Å². The van der Waals surface area contributed by atoms with Crippen molar-refractivity contribution in [3.05, 3.63) is 29.1 Å². The Labute approximate surface area is 107 Å². The number of hydrogen-bond donors (Lipinski definition) is 1. The molecule has 1 aromatic carbocycles. The third-order valence-corrected chi connectivity index (χ3v) is 3.44. The lowest BCUT2D eigenvalue weighted by atomic mass is 10.1. The van der Waals surface area contributed by atoms with Gasteiger partial charge in [-0.25, -0.2) is 22.0 Å². The molecule has 106 valence electrons. The van der Waals surface area contributed by atoms with Crippen LogP contribution in [0.1, 0.15) is 13.3 Å². The first-order valence-electron chi connectivity index (χ1n) is 5.81. The van der Waals surface area contributed by atoms with Crippen molar-refractivity contribution in [1.82, 2.24) is 4.90 Å². The molecule has 0 radical (unpaired) electrons. The van der Waals surface area contributed by atoms with E-state index < -0.39 is 34.8 Å². The van der Waals surface area contributed by atoms with Gasteiger partial charge in [0.1, 0.15) is 5.69 Å². The van der Waals surface area contributed by atoms with E-state index in [2.05, 4.69) is 5.32 Å². The van der Waals surface area contributed by atoms with Crippen LogP contribution in [-0.2, 0) is 0 Å². The van der Waals surface area contributed by atoms with E-state index in [-0.39, 0.29) is 12.1 Å². The summed E-state index contributed by atoms with van der Waals surface area (Å²) in [6.07, 6.45) is 0.565. The molecular formula is C12H13F5N2. The molecule has 2 atom stereocenters. The first-order chi connectivity index (χ1) is 8.82. The van der Waals surface area contributed by atoms with Gasteiger partial charge in [-0.2, -0.15) is 0 Å². The summed E-state index contributed by atoms with van der Waals surface area (Å²) in [6.45, 7) is 2.39. The second-order valence-electron chi connectivity index (χ2n) is 4.81. The minimum Gasteiger partial charge on any atom is -0.376 e. The van der Waals surface area contributed by atoms with Crippen molar-refractivity contribution in [1.29, 1.82) is 0 Å². The van der Waals surface area contributed by atoms with E-state index in [0.29, 0.717) is 13.0 Å². The Morgan fingerprint density at radius 3 is 1.84 bits per heavy atom. The van der Waals surface area contributed by atoms with Crippen LogP contribution in [0.15, 0.2) is 0 Å². The van der Waals surface area contributed by atoms with Crippen LogP contribution < -0.4 is 5.32 Å². The fourth-order valence-electron chi connectivity index (χ4n) is 2.23. The Morgan fingerprint density at radius 2 is 1.42 bits per heavy atom. The molecule has 2 unspecified atom stereocenters. The van der Waals surface area contributed by atoms with Gasteiger partial charge >= 0.3 is 0 Å². The standard InChI is InChI=1S/C12H13F5N2/c1-5-3-6(4-19(5)2)18-12-10(16)8(14)7(13)9(15)11(12)17/h5-6,18H,3-4H2,1-2H3. The quantitative estimate of drug-likeness (QED) is 0.509. The Bertz CT molecular complexity index is 466. The normalized spacial score (nSPS) is 23.9. The van der Waals surface area contributed by atoms with Crippen LogP contribution in [0.5, 0.6) is 0 Å². The number of likely N-dealkylation sites (N-methyl/N-ethyl adjacent to an activating group) is 1. The van der Waals surface area contributed by atoms with E-state index in [1.54, 1.807) is 0 Å². The molecule has 0 amide bonds. The second-order valence-corrected chi connectivity index (χ2v) is 4.81. The Hall–Kier alpha value is -1.37. The molecular weight excluding hydrogens is 267 g/mol. The monoisotopic (exact) mass is 280 g/mol. The largest absolute Gasteiger partial charge is 0.376 e. The first kappa shape index (κ1) is 14.0. The van der Waals surface area contributed by atoms with Crippen LogP contribution in [0.3, 0.4) is 0 Å². The summed E-state index contributed by atoms with van der Waals surface area (Å²) >= 11 is 0. The molecule has 2 rings (SSSR count). The number of likely N-dealkylation sites (tertiary alicyclic amines) is 1. The van der Waals surface area contributed by atoms with Crippen LogP contribution >= 0.6 is 0 Å². The lowest BCUT2D eigenvalue weighted by Crippen LogP contribution is -2.26. The number of halogens is 5. The molecule has 0 aliphatic carbocycles. The van der Waals surface area contributed by atoms with Crippen molar-refractivity contribution >= 4 is 5.69 Å². The smallest absolute Gasteiger partial charge is 0.200 e. The predicted molar refractivity (Wildman–Crippen MR) is 60.4 cm³/mol. The number of nitrogens with one attached hydrogen (secondary N) is 1. The van der Waals surface area contributed by atoms with Gasteiger partial charge in [0.2, 0.25) is 5.82 Å². The number of benzene rings is 1. The lowest BCUT2D eigenvalue weighted by Gasteiger charge is -2.16. The van der Waals surface area contributed by atoms with E-state index in [9.17, 15) is 22.0 Å². The molecule has 0 bridgehead atoms. The highest BCUT2D eigenvalue weighted by molar-refractivity contribution is 5.48. The Balaban J connectivity index is 2.31. The highest BCUT2D eigenvalue weighted by Gasteiger charge is 2.31. The molecule has 0 spiro atoms. The predicted octanol–water partition coefficient (Wildman–Crippen LogP) is 2.89. The van der Waals surface area contributed by atoms with Crippen molar-refractivity contribution < 1.29 is 22.0 Å². The Morgan fingerprint density at radius 1 is 0.947 bits per heavy atom. The molecule has 1 aliphatic rings. The SMILES string of the molecule is CC1CC(Nc2c(F)c(F)c(F)c(F)c2F)CN1C. The zero-order chi connectivity index (χ0) is 14.3. The number of anilines is 1. The third kappa shape index (κ3) is 2.39. The zero-order valence-electron chi connectivity index (χ0n) is 10.4. The van der Waals surface area contributed by atoms with Crippen LogP contribution in [-0.4, -0.2) is 30.6 Å². The highest BCUT2D eigenvalue weighted by Crippen LogP contribution is 2.29. The topological polar surface area (TPSA) is 15.3 Å². The fraction of sp³-hybridized carbons (Fsp3) is 0.500.